The van der Waals surface area contributed by atoms with E-state index < -0.39 is 0 Å². The van der Waals surface area contributed by atoms with Crippen LogP contribution in [0.3, 0.4) is 0 Å². The number of ether oxygens (including phenoxy) is 5. The first kappa shape index (κ1) is 17.0. The standard InChI is InChI=1S/C19H21NO5/c1-21-17-8-13(9-18(22-2)19(17)23-3)10-20-11-14-12-24-15-6-4-5-7-16(15)25-14/h4-10,14H,11-12H2,1-3H3/t14-/m0/s1. The van der Waals surface area contributed by atoms with Crippen LogP contribution in [0.15, 0.2) is 41.4 Å². The van der Waals surface area contributed by atoms with E-state index in [1.165, 1.54) is 0 Å². The molecule has 0 amide bonds. The number of benzene rings is 2. The van der Waals surface area contributed by atoms with Crippen LogP contribution in [-0.4, -0.2) is 46.8 Å². The monoisotopic (exact) mass is 343 g/mol. The maximum atomic E-state index is 5.89. The minimum Gasteiger partial charge on any atom is -0.493 e. The van der Waals surface area contributed by atoms with Crippen molar-refractivity contribution in [2.45, 2.75) is 6.10 Å². The van der Waals surface area contributed by atoms with Gasteiger partial charge in [-0.3, -0.25) is 4.99 Å². The Hall–Kier alpha value is -2.89. The molecule has 6 nitrogen and oxygen atoms in total. The average Bonchev–Trinajstić information content (AvgIpc) is 2.67. The van der Waals surface area contributed by atoms with Crippen LogP contribution < -0.4 is 23.7 Å². The van der Waals surface area contributed by atoms with Crippen molar-refractivity contribution in [3.63, 3.8) is 0 Å². The van der Waals surface area contributed by atoms with Crippen molar-refractivity contribution in [1.82, 2.24) is 0 Å². The van der Waals surface area contributed by atoms with Gasteiger partial charge in [-0.1, -0.05) is 12.1 Å². The van der Waals surface area contributed by atoms with Gasteiger partial charge in [0, 0.05) is 6.21 Å². The Balaban J connectivity index is 1.69. The molecule has 6 heteroatoms. The van der Waals surface area contributed by atoms with Gasteiger partial charge in [-0.05, 0) is 29.8 Å². The number of fused-ring (bicyclic) bond motifs is 1. The highest BCUT2D eigenvalue weighted by molar-refractivity contribution is 5.82. The van der Waals surface area contributed by atoms with Gasteiger partial charge < -0.3 is 23.7 Å². The molecule has 0 radical (unpaired) electrons. The summed E-state index contributed by atoms with van der Waals surface area (Å²) in [4.78, 5) is 4.46. The van der Waals surface area contributed by atoms with Crippen LogP contribution in [0.2, 0.25) is 0 Å². The van der Waals surface area contributed by atoms with E-state index in [9.17, 15) is 0 Å². The lowest BCUT2D eigenvalue weighted by Gasteiger charge is -2.25. The lowest BCUT2D eigenvalue weighted by atomic mass is 10.2. The Kier molecular flexibility index (Phi) is 5.28. The largest absolute Gasteiger partial charge is 0.493 e. The van der Waals surface area contributed by atoms with Gasteiger partial charge in [0.2, 0.25) is 5.75 Å². The summed E-state index contributed by atoms with van der Waals surface area (Å²) in [5.41, 5.74) is 0.853. The zero-order valence-corrected chi connectivity index (χ0v) is 14.5. The summed E-state index contributed by atoms with van der Waals surface area (Å²) in [6.07, 6.45) is 1.64. The van der Waals surface area contributed by atoms with Crippen molar-refractivity contribution in [3.8, 4) is 28.7 Å². The molecular formula is C19H21NO5. The SMILES string of the molecule is COc1cc(C=NC[C@H]2COc3ccccc3O2)cc(OC)c1OC. The van der Waals surface area contributed by atoms with E-state index in [1.807, 2.05) is 36.4 Å². The minimum absolute atomic E-state index is 0.117. The van der Waals surface area contributed by atoms with Gasteiger partial charge in [0.25, 0.3) is 0 Å². The fourth-order valence-corrected chi connectivity index (χ4v) is 2.60. The Morgan fingerprint density at radius 2 is 1.72 bits per heavy atom. The number of methoxy groups -OCH3 is 3. The van der Waals surface area contributed by atoms with Crippen molar-refractivity contribution in [2.24, 2.45) is 4.99 Å². The third-order valence-electron chi connectivity index (χ3n) is 3.80. The maximum Gasteiger partial charge on any atom is 0.203 e. The molecule has 0 N–H and O–H groups in total. The number of aliphatic imine (C=N–C) groups is 1. The van der Waals surface area contributed by atoms with Gasteiger partial charge in [-0.15, -0.1) is 0 Å². The Bertz CT molecular complexity index is 734. The van der Waals surface area contributed by atoms with Crippen molar-refractivity contribution < 1.29 is 23.7 Å². The summed E-state index contributed by atoms with van der Waals surface area (Å²) in [6.45, 7) is 0.967. The van der Waals surface area contributed by atoms with Crippen molar-refractivity contribution in [2.75, 3.05) is 34.5 Å². The summed E-state index contributed by atoms with van der Waals surface area (Å²) in [5.74, 6) is 3.26. The molecule has 1 aliphatic heterocycles. The van der Waals surface area contributed by atoms with Crippen LogP contribution in [0, 0.1) is 0 Å². The molecule has 2 aromatic rings. The first-order valence-electron chi connectivity index (χ1n) is 7.93. The highest BCUT2D eigenvalue weighted by Gasteiger charge is 2.19. The summed E-state index contributed by atoms with van der Waals surface area (Å²) < 4.78 is 27.6. The molecular weight excluding hydrogens is 322 g/mol. The number of hydrogen-bond acceptors (Lipinski definition) is 6. The molecule has 0 unspecified atom stereocenters. The minimum atomic E-state index is -0.117. The summed E-state index contributed by atoms with van der Waals surface area (Å²) in [6, 6.07) is 11.3. The molecule has 0 fully saturated rings. The molecule has 3 rings (SSSR count). The average molecular weight is 343 g/mol. The normalized spacial score (nSPS) is 15.9. The lowest BCUT2D eigenvalue weighted by Crippen LogP contribution is -2.31. The second-order valence-electron chi connectivity index (χ2n) is 5.45. The molecule has 25 heavy (non-hydrogen) atoms. The van der Waals surface area contributed by atoms with Gasteiger partial charge >= 0.3 is 0 Å². The van der Waals surface area contributed by atoms with E-state index >= 15 is 0 Å². The lowest BCUT2D eigenvalue weighted by molar-refractivity contribution is 0.0973. The second-order valence-corrected chi connectivity index (χ2v) is 5.45. The van der Waals surface area contributed by atoms with Crippen LogP contribution in [0.25, 0.3) is 0 Å². The van der Waals surface area contributed by atoms with E-state index in [1.54, 1.807) is 27.5 Å². The number of rotatable bonds is 6. The smallest absolute Gasteiger partial charge is 0.203 e. The van der Waals surface area contributed by atoms with Crippen LogP contribution in [0.1, 0.15) is 5.56 Å². The van der Waals surface area contributed by atoms with Crippen LogP contribution >= 0.6 is 0 Å². The molecule has 0 spiro atoms. The molecule has 1 aliphatic rings. The van der Waals surface area contributed by atoms with Gasteiger partial charge in [-0.25, -0.2) is 0 Å². The molecule has 132 valence electrons. The quantitative estimate of drug-likeness (QED) is 0.755. The molecule has 2 aromatic carbocycles. The fraction of sp³-hybridized carbons (Fsp3) is 0.316. The molecule has 0 saturated carbocycles. The van der Waals surface area contributed by atoms with Crippen molar-refractivity contribution in [3.05, 3.63) is 42.0 Å². The Morgan fingerprint density at radius 3 is 2.36 bits per heavy atom. The molecule has 0 aliphatic carbocycles. The molecule has 0 aromatic heterocycles. The summed E-state index contributed by atoms with van der Waals surface area (Å²) >= 11 is 0. The van der Waals surface area contributed by atoms with Gasteiger partial charge in [-0.2, -0.15) is 0 Å². The van der Waals surface area contributed by atoms with E-state index in [2.05, 4.69) is 4.99 Å². The van der Waals surface area contributed by atoms with Crippen LogP contribution in [0.5, 0.6) is 28.7 Å². The highest BCUT2D eigenvalue weighted by atomic mass is 16.6. The first-order valence-corrected chi connectivity index (χ1v) is 7.93. The van der Waals surface area contributed by atoms with Crippen LogP contribution in [-0.2, 0) is 0 Å². The van der Waals surface area contributed by atoms with Gasteiger partial charge in [0.15, 0.2) is 29.1 Å². The molecule has 0 saturated heterocycles. The zero-order chi connectivity index (χ0) is 17.6. The fourth-order valence-electron chi connectivity index (χ4n) is 2.60. The number of para-hydroxylation sites is 2. The molecule has 0 bridgehead atoms. The number of nitrogens with zero attached hydrogens (tertiary/aromatic N) is 1. The number of hydrogen-bond donors (Lipinski definition) is 0. The van der Waals surface area contributed by atoms with Crippen LogP contribution in [0.4, 0.5) is 0 Å². The van der Waals surface area contributed by atoms with E-state index in [-0.39, 0.29) is 6.10 Å². The molecule has 1 atom stereocenters. The second kappa shape index (κ2) is 7.79. The van der Waals surface area contributed by atoms with E-state index in [0.717, 1.165) is 17.1 Å². The van der Waals surface area contributed by atoms with E-state index in [0.29, 0.717) is 30.4 Å². The van der Waals surface area contributed by atoms with Crippen molar-refractivity contribution in [1.29, 1.82) is 0 Å². The third-order valence-corrected chi connectivity index (χ3v) is 3.80. The zero-order valence-electron chi connectivity index (χ0n) is 14.5. The van der Waals surface area contributed by atoms with Crippen molar-refractivity contribution >= 4 is 6.21 Å². The Morgan fingerprint density at radius 1 is 1.04 bits per heavy atom. The predicted octanol–water partition coefficient (Wildman–Crippen LogP) is 2.97. The maximum absolute atomic E-state index is 5.89. The Labute approximate surface area is 147 Å². The third kappa shape index (κ3) is 3.79. The predicted molar refractivity (Wildman–Crippen MR) is 94.9 cm³/mol. The summed E-state index contributed by atoms with van der Waals surface area (Å²) in [5, 5.41) is 0. The first-order chi connectivity index (χ1) is 12.2. The van der Waals surface area contributed by atoms with Gasteiger partial charge in [0.05, 0.1) is 27.9 Å². The highest BCUT2D eigenvalue weighted by Crippen LogP contribution is 2.37. The van der Waals surface area contributed by atoms with E-state index in [4.69, 9.17) is 23.7 Å². The van der Waals surface area contributed by atoms with Gasteiger partial charge in [0.1, 0.15) is 6.61 Å². The topological polar surface area (TPSA) is 58.5 Å². The summed E-state index contributed by atoms with van der Waals surface area (Å²) in [7, 11) is 4.75. The molecule has 1 heterocycles.